The van der Waals surface area contributed by atoms with Crippen LogP contribution in [0.15, 0.2) is 6.20 Å². The van der Waals surface area contributed by atoms with Gasteiger partial charge in [-0.3, -0.25) is 4.90 Å². The molecule has 100 valence electrons. The van der Waals surface area contributed by atoms with Gasteiger partial charge in [-0.2, -0.15) is 11.8 Å². The molecule has 1 fully saturated rings. The Labute approximate surface area is 110 Å². The molecule has 0 atom stereocenters. The first-order valence-corrected chi connectivity index (χ1v) is 7.31. The summed E-state index contributed by atoms with van der Waals surface area (Å²) in [6.45, 7) is 5.18. The molecule has 1 aliphatic rings. The number of nitrogens with zero attached hydrogens (tertiary/aromatic N) is 4. The predicted molar refractivity (Wildman–Crippen MR) is 70.1 cm³/mol. The van der Waals surface area contributed by atoms with E-state index in [2.05, 4.69) is 22.1 Å². The average molecular weight is 270 g/mol. The Morgan fingerprint density at radius 2 is 2.39 bits per heavy atom. The van der Waals surface area contributed by atoms with Crippen molar-refractivity contribution < 1.29 is 9.90 Å². The molecule has 0 radical (unpaired) electrons. The van der Waals surface area contributed by atoms with E-state index in [9.17, 15) is 4.79 Å². The van der Waals surface area contributed by atoms with Gasteiger partial charge in [0.05, 0.1) is 12.2 Å². The van der Waals surface area contributed by atoms with Crippen LogP contribution in [-0.2, 0) is 0 Å². The summed E-state index contributed by atoms with van der Waals surface area (Å²) in [6, 6.07) is 0.282. The largest absolute Gasteiger partial charge is 0.476 e. The van der Waals surface area contributed by atoms with Crippen molar-refractivity contribution in [2.24, 2.45) is 0 Å². The van der Waals surface area contributed by atoms with E-state index in [1.807, 2.05) is 11.8 Å². The average Bonchev–Trinajstić information content (AvgIpc) is 2.75. The Hall–Kier alpha value is -1.08. The number of hydrogen-bond acceptors (Lipinski definition) is 5. The first-order valence-electron chi connectivity index (χ1n) is 6.16. The van der Waals surface area contributed by atoms with Gasteiger partial charge < -0.3 is 5.11 Å². The Kier molecular flexibility index (Phi) is 4.60. The molecular weight excluding hydrogens is 252 g/mol. The SMILES string of the molecule is CCSCCCN1CC(n2cc(C(=O)O)nn2)C1. The van der Waals surface area contributed by atoms with E-state index in [1.54, 1.807) is 4.68 Å². The highest BCUT2D eigenvalue weighted by atomic mass is 32.2. The second-order valence-corrected chi connectivity index (χ2v) is 5.75. The van der Waals surface area contributed by atoms with E-state index >= 15 is 0 Å². The third kappa shape index (κ3) is 3.23. The van der Waals surface area contributed by atoms with Crippen molar-refractivity contribution in [2.45, 2.75) is 19.4 Å². The number of aromatic nitrogens is 3. The molecule has 1 aromatic heterocycles. The molecule has 1 N–H and O–H groups in total. The van der Waals surface area contributed by atoms with Gasteiger partial charge in [0.2, 0.25) is 0 Å². The predicted octanol–water partition coefficient (Wildman–Crippen LogP) is 0.976. The first kappa shape index (κ1) is 13.4. The zero-order valence-corrected chi connectivity index (χ0v) is 11.3. The van der Waals surface area contributed by atoms with E-state index in [1.165, 1.54) is 24.1 Å². The minimum Gasteiger partial charge on any atom is -0.476 e. The number of carboxylic acid groups (broad SMARTS) is 1. The van der Waals surface area contributed by atoms with Crippen molar-refractivity contribution in [2.75, 3.05) is 31.1 Å². The van der Waals surface area contributed by atoms with Gasteiger partial charge in [0, 0.05) is 13.1 Å². The summed E-state index contributed by atoms with van der Waals surface area (Å²) in [7, 11) is 0. The molecule has 0 bridgehead atoms. The Balaban J connectivity index is 1.70. The Bertz CT molecular complexity index is 404. The lowest BCUT2D eigenvalue weighted by molar-refractivity contribution is 0.0690. The Morgan fingerprint density at radius 3 is 3.00 bits per heavy atom. The number of carbonyl (C=O) groups is 1. The molecule has 0 unspecified atom stereocenters. The molecule has 18 heavy (non-hydrogen) atoms. The van der Waals surface area contributed by atoms with Gasteiger partial charge in [-0.15, -0.1) is 5.10 Å². The molecule has 0 spiro atoms. The van der Waals surface area contributed by atoms with Gasteiger partial charge in [-0.25, -0.2) is 9.48 Å². The number of rotatable bonds is 7. The molecule has 0 aromatic carbocycles. The normalized spacial score (nSPS) is 16.7. The summed E-state index contributed by atoms with van der Waals surface area (Å²) in [5.74, 6) is 1.37. The molecule has 1 saturated heterocycles. The minimum absolute atomic E-state index is 0.0211. The van der Waals surface area contributed by atoms with Gasteiger partial charge in [-0.1, -0.05) is 12.1 Å². The van der Waals surface area contributed by atoms with Crippen LogP contribution in [0, 0.1) is 0 Å². The highest BCUT2D eigenvalue weighted by Gasteiger charge is 2.29. The van der Waals surface area contributed by atoms with Crippen LogP contribution in [0.1, 0.15) is 29.9 Å². The van der Waals surface area contributed by atoms with Crippen molar-refractivity contribution in [1.29, 1.82) is 0 Å². The van der Waals surface area contributed by atoms with Crippen LogP contribution >= 0.6 is 11.8 Å². The van der Waals surface area contributed by atoms with E-state index in [4.69, 9.17) is 5.11 Å². The van der Waals surface area contributed by atoms with E-state index in [-0.39, 0.29) is 11.7 Å². The monoisotopic (exact) mass is 270 g/mol. The fourth-order valence-corrected chi connectivity index (χ4v) is 2.60. The molecule has 0 aliphatic carbocycles. The maximum absolute atomic E-state index is 10.7. The van der Waals surface area contributed by atoms with Crippen molar-refractivity contribution in [3.63, 3.8) is 0 Å². The van der Waals surface area contributed by atoms with Crippen LogP contribution in [0.5, 0.6) is 0 Å². The topological polar surface area (TPSA) is 71.2 Å². The zero-order valence-electron chi connectivity index (χ0n) is 10.4. The number of likely N-dealkylation sites (tertiary alicyclic amines) is 1. The maximum atomic E-state index is 10.7. The van der Waals surface area contributed by atoms with E-state index in [0.717, 1.165) is 19.6 Å². The molecule has 2 rings (SSSR count). The van der Waals surface area contributed by atoms with Crippen LogP contribution in [0.25, 0.3) is 0 Å². The lowest BCUT2D eigenvalue weighted by Crippen LogP contribution is -2.48. The molecule has 2 heterocycles. The molecule has 0 amide bonds. The lowest BCUT2D eigenvalue weighted by Gasteiger charge is -2.38. The number of thioether (sulfide) groups is 1. The van der Waals surface area contributed by atoms with E-state index < -0.39 is 5.97 Å². The lowest BCUT2D eigenvalue weighted by atomic mass is 10.1. The van der Waals surface area contributed by atoms with Crippen molar-refractivity contribution in [1.82, 2.24) is 19.9 Å². The molecule has 1 aliphatic heterocycles. The quantitative estimate of drug-likeness (QED) is 0.745. The van der Waals surface area contributed by atoms with Crippen molar-refractivity contribution in [3.05, 3.63) is 11.9 Å². The highest BCUT2D eigenvalue weighted by Crippen LogP contribution is 2.20. The minimum atomic E-state index is -1.02. The van der Waals surface area contributed by atoms with Crippen LogP contribution in [0.4, 0.5) is 0 Å². The van der Waals surface area contributed by atoms with Gasteiger partial charge >= 0.3 is 5.97 Å². The zero-order chi connectivity index (χ0) is 13.0. The van der Waals surface area contributed by atoms with Crippen LogP contribution in [0.3, 0.4) is 0 Å². The molecule has 7 heteroatoms. The fraction of sp³-hybridized carbons (Fsp3) is 0.727. The summed E-state index contributed by atoms with van der Waals surface area (Å²) in [5.41, 5.74) is 0.0211. The standard InChI is InChI=1S/C11H18N4O2S/c1-2-18-5-3-4-14-6-9(7-14)15-8-10(11(16)17)12-13-15/h8-9H,2-7H2,1H3,(H,16,17). The number of aromatic carboxylic acids is 1. The van der Waals surface area contributed by atoms with Crippen molar-refractivity contribution in [3.8, 4) is 0 Å². The maximum Gasteiger partial charge on any atom is 0.358 e. The van der Waals surface area contributed by atoms with Gasteiger partial charge in [-0.05, 0) is 24.5 Å². The summed E-state index contributed by atoms with van der Waals surface area (Å²) in [6.07, 6.45) is 2.72. The number of hydrogen-bond donors (Lipinski definition) is 1. The molecular formula is C11H18N4O2S. The third-order valence-electron chi connectivity index (χ3n) is 3.01. The van der Waals surface area contributed by atoms with Crippen LogP contribution in [0.2, 0.25) is 0 Å². The van der Waals surface area contributed by atoms with Gasteiger partial charge in [0.15, 0.2) is 5.69 Å². The second kappa shape index (κ2) is 6.19. The van der Waals surface area contributed by atoms with E-state index in [0.29, 0.717) is 0 Å². The van der Waals surface area contributed by atoms with Crippen molar-refractivity contribution >= 4 is 17.7 Å². The smallest absolute Gasteiger partial charge is 0.358 e. The summed E-state index contributed by atoms with van der Waals surface area (Å²) >= 11 is 1.97. The first-order chi connectivity index (χ1) is 8.70. The van der Waals surface area contributed by atoms with Crippen LogP contribution in [-0.4, -0.2) is 62.1 Å². The van der Waals surface area contributed by atoms with Gasteiger partial charge in [0.1, 0.15) is 0 Å². The second-order valence-electron chi connectivity index (χ2n) is 4.35. The summed E-state index contributed by atoms with van der Waals surface area (Å²) in [4.78, 5) is 13.0. The summed E-state index contributed by atoms with van der Waals surface area (Å²) in [5, 5.41) is 16.2. The highest BCUT2D eigenvalue weighted by molar-refractivity contribution is 7.99. The summed E-state index contributed by atoms with van der Waals surface area (Å²) < 4.78 is 1.67. The molecule has 6 nitrogen and oxygen atoms in total. The van der Waals surface area contributed by atoms with Gasteiger partial charge in [0.25, 0.3) is 0 Å². The fourth-order valence-electron chi connectivity index (χ4n) is 1.98. The third-order valence-corrected chi connectivity index (χ3v) is 3.99. The van der Waals surface area contributed by atoms with Crippen LogP contribution < -0.4 is 0 Å². The molecule has 1 aromatic rings. The number of carboxylic acids is 1. The molecule has 0 saturated carbocycles. The Morgan fingerprint density at radius 1 is 1.61 bits per heavy atom.